The average molecular weight is 431 g/mol. The Labute approximate surface area is 181 Å². The zero-order valence-electron chi connectivity index (χ0n) is 17.7. The highest BCUT2D eigenvalue weighted by Crippen LogP contribution is 2.33. The minimum Gasteiger partial charge on any atom is -0.493 e. The van der Waals surface area contributed by atoms with Crippen LogP contribution in [0.5, 0.6) is 11.5 Å². The molecule has 4 rings (SSSR count). The molecule has 0 saturated carbocycles. The fourth-order valence-corrected chi connectivity index (χ4v) is 4.73. The lowest BCUT2D eigenvalue weighted by Crippen LogP contribution is -2.51. The SMILES string of the molecule is COc1cc2c(cc1OC)CN(CCN=C(N)N1CCN(c3nccs3)CC1)CC2. The summed E-state index contributed by atoms with van der Waals surface area (Å²) in [5.41, 5.74) is 8.91. The van der Waals surface area contributed by atoms with E-state index in [-0.39, 0.29) is 0 Å². The molecule has 2 aromatic rings. The molecule has 0 spiro atoms. The van der Waals surface area contributed by atoms with Crippen LogP contribution in [0.2, 0.25) is 0 Å². The van der Waals surface area contributed by atoms with E-state index in [1.165, 1.54) is 11.1 Å². The monoisotopic (exact) mass is 430 g/mol. The summed E-state index contributed by atoms with van der Waals surface area (Å²) in [5.74, 6) is 2.24. The molecule has 0 amide bonds. The number of methoxy groups -OCH3 is 2. The predicted octanol–water partition coefficient (Wildman–Crippen LogP) is 1.66. The summed E-state index contributed by atoms with van der Waals surface area (Å²) in [5, 5.41) is 3.10. The molecule has 2 aliphatic heterocycles. The van der Waals surface area contributed by atoms with Gasteiger partial charge in [-0.2, -0.15) is 0 Å². The summed E-state index contributed by atoms with van der Waals surface area (Å²) in [4.78, 5) is 15.9. The Morgan fingerprint density at radius 2 is 1.83 bits per heavy atom. The van der Waals surface area contributed by atoms with Crippen molar-refractivity contribution in [1.29, 1.82) is 0 Å². The Balaban J connectivity index is 1.27. The Bertz CT molecular complexity index is 865. The van der Waals surface area contributed by atoms with E-state index in [4.69, 9.17) is 15.2 Å². The van der Waals surface area contributed by atoms with Crippen LogP contribution in [0.4, 0.5) is 5.13 Å². The maximum absolute atomic E-state index is 6.27. The average Bonchev–Trinajstić information content (AvgIpc) is 3.33. The first-order valence-corrected chi connectivity index (χ1v) is 11.2. The Hall–Kier alpha value is -2.52. The van der Waals surface area contributed by atoms with Crippen LogP contribution in [0.1, 0.15) is 11.1 Å². The van der Waals surface area contributed by atoms with Crippen molar-refractivity contribution >= 4 is 22.4 Å². The Kier molecular flexibility index (Phi) is 6.59. The molecule has 162 valence electrons. The smallest absolute Gasteiger partial charge is 0.191 e. The number of nitrogens with zero attached hydrogens (tertiary/aromatic N) is 5. The number of thiazole rings is 1. The van der Waals surface area contributed by atoms with Gasteiger partial charge < -0.3 is 25.0 Å². The van der Waals surface area contributed by atoms with Crippen molar-refractivity contribution in [2.24, 2.45) is 10.7 Å². The molecule has 2 N–H and O–H groups in total. The molecule has 0 radical (unpaired) electrons. The fraction of sp³-hybridized carbons (Fsp3) is 0.524. The van der Waals surface area contributed by atoms with Crippen LogP contribution in [0.3, 0.4) is 0 Å². The van der Waals surface area contributed by atoms with Gasteiger partial charge in [-0.25, -0.2) is 4.98 Å². The lowest BCUT2D eigenvalue weighted by atomic mass is 9.99. The second-order valence-corrected chi connectivity index (χ2v) is 8.40. The molecule has 0 atom stereocenters. The number of ether oxygens (including phenoxy) is 2. The number of piperazine rings is 1. The predicted molar refractivity (Wildman–Crippen MR) is 121 cm³/mol. The van der Waals surface area contributed by atoms with Crippen molar-refractivity contribution in [2.75, 3.05) is 64.9 Å². The molecular formula is C21H30N6O2S. The lowest BCUT2D eigenvalue weighted by Gasteiger charge is -2.35. The molecule has 9 heteroatoms. The van der Waals surface area contributed by atoms with Crippen molar-refractivity contribution in [3.63, 3.8) is 0 Å². The number of hydrogen-bond acceptors (Lipinski definition) is 7. The third-order valence-electron chi connectivity index (χ3n) is 5.78. The van der Waals surface area contributed by atoms with E-state index in [1.807, 2.05) is 11.6 Å². The van der Waals surface area contributed by atoms with Crippen molar-refractivity contribution < 1.29 is 9.47 Å². The van der Waals surface area contributed by atoms with Crippen molar-refractivity contribution in [3.8, 4) is 11.5 Å². The van der Waals surface area contributed by atoms with Gasteiger partial charge in [0, 0.05) is 57.4 Å². The summed E-state index contributed by atoms with van der Waals surface area (Å²) in [6.07, 6.45) is 2.86. The highest BCUT2D eigenvalue weighted by molar-refractivity contribution is 7.13. The van der Waals surface area contributed by atoms with Crippen molar-refractivity contribution in [3.05, 3.63) is 34.8 Å². The van der Waals surface area contributed by atoms with Gasteiger partial charge in [0.15, 0.2) is 22.6 Å². The number of guanidine groups is 1. The Morgan fingerprint density at radius 1 is 1.10 bits per heavy atom. The normalized spacial score (nSPS) is 17.7. The summed E-state index contributed by atoms with van der Waals surface area (Å²) in [7, 11) is 3.36. The van der Waals surface area contributed by atoms with E-state index in [0.29, 0.717) is 12.5 Å². The minimum atomic E-state index is 0.651. The minimum absolute atomic E-state index is 0.651. The summed E-state index contributed by atoms with van der Waals surface area (Å²) >= 11 is 1.68. The first kappa shape index (κ1) is 20.7. The maximum Gasteiger partial charge on any atom is 0.191 e. The summed E-state index contributed by atoms with van der Waals surface area (Å²) < 4.78 is 10.9. The number of aliphatic imine (C=N–C) groups is 1. The van der Waals surface area contributed by atoms with E-state index < -0.39 is 0 Å². The molecule has 8 nitrogen and oxygen atoms in total. The summed E-state index contributed by atoms with van der Waals surface area (Å²) in [6, 6.07) is 4.20. The van der Waals surface area contributed by atoms with Gasteiger partial charge in [0.2, 0.25) is 0 Å². The third-order valence-corrected chi connectivity index (χ3v) is 6.61. The van der Waals surface area contributed by atoms with E-state index in [1.54, 1.807) is 25.6 Å². The second kappa shape index (κ2) is 9.53. The molecule has 0 bridgehead atoms. The van der Waals surface area contributed by atoms with Gasteiger partial charge in [0.1, 0.15) is 0 Å². The van der Waals surface area contributed by atoms with E-state index in [2.05, 4.69) is 36.8 Å². The van der Waals surface area contributed by atoms with E-state index in [0.717, 1.165) is 68.9 Å². The second-order valence-electron chi connectivity index (χ2n) is 7.53. The number of hydrogen-bond donors (Lipinski definition) is 1. The number of nitrogens with two attached hydrogens (primary N) is 1. The number of rotatable bonds is 6. The van der Waals surface area contributed by atoms with Crippen molar-refractivity contribution in [1.82, 2.24) is 14.8 Å². The summed E-state index contributed by atoms with van der Waals surface area (Å²) in [6.45, 7) is 7.15. The molecular weight excluding hydrogens is 400 g/mol. The molecule has 1 saturated heterocycles. The topological polar surface area (TPSA) is 79.5 Å². The molecule has 0 unspecified atom stereocenters. The van der Waals surface area contributed by atoms with Crippen LogP contribution in [-0.2, 0) is 13.0 Å². The number of anilines is 1. The van der Waals surface area contributed by atoms with E-state index in [9.17, 15) is 0 Å². The van der Waals surface area contributed by atoms with Crippen LogP contribution in [0.15, 0.2) is 28.7 Å². The van der Waals surface area contributed by atoms with Gasteiger partial charge in [-0.15, -0.1) is 11.3 Å². The zero-order chi connectivity index (χ0) is 20.9. The quantitative estimate of drug-likeness (QED) is 0.551. The molecule has 1 fully saturated rings. The van der Waals surface area contributed by atoms with Gasteiger partial charge in [-0.05, 0) is 29.7 Å². The fourth-order valence-electron chi connectivity index (χ4n) is 4.04. The Morgan fingerprint density at radius 3 is 2.50 bits per heavy atom. The number of fused-ring (bicyclic) bond motifs is 1. The largest absolute Gasteiger partial charge is 0.493 e. The van der Waals surface area contributed by atoms with Gasteiger partial charge in [-0.1, -0.05) is 0 Å². The van der Waals surface area contributed by atoms with Gasteiger partial charge >= 0.3 is 0 Å². The number of aromatic nitrogens is 1. The van der Waals surface area contributed by atoms with E-state index >= 15 is 0 Å². The standard InChI is InChI=1S/C21H30N6O2S/c1-28-18-13-16-3-6-25(15-17(16)14-19(18)29-2)7-4-23-20(22)26-8-10-27(11-9-26)21-24-5-12-30-21/h5,12-14H,3-4,6-11,15H2,1-2H3,(H2,22,23). The molecule has 0 aliphatic carbocycles. The van der Waals surface area contributed by atoms with Crippen LogP contribution in [0, 0.1) is 0 Å². The van der Waals surface area contributed by atoms with Crippen LogP contribution in [0.25, 0.3) is 0 Å². The van der Waals surface area contributed by atoms with Gasteiger partial charge in [0.25, 0.3) is 0 Å². The first-order valence-electron chi connectivity index (χ1n) is 10.3. The lowest BCUT2D eigenvalue weighted by molar-refractivity contribution is 0.259. The van der Waals surface area contributed by atoms with Crippen LogP contribution >= 0.6 is 11.3 Å². The molecule has 1 aromatic carbocycles. The van der Waals surface area contributed by atoms with Crippen molar-refractivity contribution in [2.45, 2.75) is 13.0 Å². The highest BCUT2D eigenvalue weighted by atomic mass is 32.1. The molecule has 30 heavy (non-hydrogen) atoms. The first-order chi connectivity index (χ1) is 14.7. The van der Waals surface area contributed by atoms with Gasteiger partial charge in [0.05, 0.1) is 20.8 Å². The highest BCUT2D eigenvalue weighted by Gasteiger charge is 2.21. The zero-order valence-corrected chi connectivity index (χ0v) is 18.5. The maximum atomic E-state index is 6.27. The van der Waals surface area contributed by atoms with Crippen LogP contribution < -0.4 is 20.1 Å². The van der Waals surface area contributed by atoms with Crippen LogP contribution in [-0.4, -0.2) is 80.8 Å². The molecule has 3 heterocycles. The van der Waals surface area contributed by atoms with Gasteiger partial charge in [-0.3, -0.25) is 9.89 Å². The molecule has 2 aliphatic rings. The number of benzene rings is 1. The molecule has 1 aromatic heterocycles. The third kappa shape index (κ3) is 4.62.